The average molecular weight is 396 g/mol. The summed E-state index contributed by atoms with van der Waals surface area (Å²) < 4.78 is 13.4. The number of allylic oxidation sites excluding steroid dienone is 1. The molecule has 0 fully saturated rings. The molecule has 0 bridgehead atoms. The number of methoxy groups -OCH3 is 1. The SMILES string of the molecule is C=CCn1c(SCc2cccc(OC)c2)nnc1C(C)Oc1cccc(C)c1. The molecule has 0 saturated heterocycles. The predicted molar refractivity (Wildman–Crippen MR) is 113 cm³/mol. The molecule has 1 heterocycles. The van der Waals surface area contributed by atoms with Crippen molar-refractivity contribution in [1.29, 1.82) is 0 Å². The number of benzene rings is 2. The normalized spacial score (nSPS) is 11.8. The molecular formula is C22H25N3O2S. The lowest BCUT2D eigenvalue weighted by atomic mass is 10.2. The van der Waals surface area contributed by atoms with E-state index in [0.29, 0.717) is 6.54 Å². The summed E-state index contributed by atoms with van der Waals surface area (Å²) in [7, 11) is 1.68. The van der Waals surface area contributed by atoms with Crippen molar-refractivity contribution in [2.45, 2.75) is 37.4 Å². The van der Waals surface area contributed by atoms with Crippen LogP contribution in [-0.4, -0.2) is 21.9 Å². The topological polar surface area (TPSA) is 49.2 Å². The Balaban J connectivity index is 1.75. The fraction of sp³-hybridized carbons (Fsp3) is 0.273. The van der Waals surface area contributed by atoms with Gasteiger partial charge in [-0.3, -0.25) is 4.57 Å². The number of nitrogens with zero attached hydrogens (tertiary/aromatic N) is 3. The molecule has 1 atom stereocenters. The number of thioether (sulfide) groups is 1. The number of hydrogen-bond acceptors (Lipinski definition) is 5. The summed E-state index contributed by atoms with van der Waals surface area (Å²) >= 11 is 1.64. The molecule has 0 aliphatic carbocycles. The molecule has 0 aliphatic rings. The van der Waals surface area contributed by atoms with Crippen LogP contribution in [0.1, 0.15) is 30.0 Å². The van der Waals surface area contributed by atoms with E-state index in [1.165, 1.54) is 5.56 Å². The molecule has 0 saturated carbocycles. The molecule has 0 amide bonds. The van der Waals surface area contributed by atoms with Gasteiger partial charge in [0.2, 0.25) is 0 Å². The molecule has 146 valence electrons. The standard InChI is InChI=1S/C22H25N3O2S/c1-5-12-25-21(17(3)27-20-11-6-8-16(2)13-20)23-24-22(25)28-15-18-9-7-10-19(14-18)26-4/h5-11,13-14,17H,1,12,15H2,2-4H3. The molecule has 28 heavy (non-hydrogen) atoms. The van der Waals surface area contributed by atoms with Crippen molar-refractivity contribution in [3.63, 3.8) is 0 Å². The van der Waals surface area contributed by atoms with E-state index >= 15 is 0 Å². The molecule has 0 radical (unpaired) electrons. The molecule has 1 unspecified atom stereocenters. The van der Waals surface area contributed by atoms with Gasteiger partial charge in [0, 0.05) is 12.3 Å². The second-order valence-corrected chi connectivity index (χ2v) is 7.40. The van der Waals surface area contributed by atoms with Crippen LogP contribution in [0.25, 0.3) is 0 Å². The zero-order valence-corrected chi connectivity index (χ0v) is 17.3. The van der Waals surface area contributed by atoms with Crippen LogP contribution in [0.5, 0.6) is 11.5 Å². The van der Waals surface area contributed by atoms with Gasteiger partial charge in [-0.25, -0.2) is 0 Å². The van der Waals surface area contributed by atoms with E-state index in [4.69, 9.17) is 9.47 Å². The van der Waals surface area contributed by atoms with Crippen molar-refractivity contribution in [3.8, 4) is 11.5 Å². The summed E-state index contributed by atoms with van der Waals surface area (Å²) in [6.07, 6.45) is 1.63. The van der Waals surface area contributed by atoms with Gasteiger partial charge in [-0.2, -0.15) is 0 Å². The van der Waals surface area contributed by atoms with Crippen LogP contribution >= 0.6 is 11.8 Å². The smallest absolute Gasteiger partial charge is 0.191 e. The highest BCUT2D eigenvalue weighted by atomic mass is 32.2. The first kappa shape index (κ1) is 20.0. The lowest BCUT2D eigenvalue weighted by molar-refractivity contribution is 0.210. The molecule has 6 heteroatoms. The summed E-state index contributed by atoms with van der Waals surface area (Å²) in [5.74, 6) is 3.24. The first-order chi connectivity index (χ1) is 13.6. The summed E-state index contributed by atoms with van der Waals surface area (Å²) in [5.41, 5.74) is 2.33. The third kappa shape index (κ3) is 4.95. The number of hydrogen-bond donors (Lipinski definition) is 0. The Morgan fingerprint density at radius 1 is 1.14 bits per heavy atom. The van der Waals surface area contributed by atoms with Crippen LogP contribution < -0.4 is 9.47 Å². The van der Waals surface area contributed by atoms with Crippen molar-refractivity contribution in [2.75, 3.05) is 7.11 Å². The number of rotatable bonds is 9. The van der Waals surface area contributed by atoms with Crippen LogP contribution in [0.15, 0.2) is 66.3 Å². The molecular weight excluding hydrogens is 370 g/mol. The van der Waals surface area contributed by atoms with Gasteiger partial charge in [0.1, 0.15) is 11.5 Å². The summed E-state index contributed by atoms with van der Waals surface area (Å²) in [4.78, 5) is 0. The van der Waals surface area contributed by atoms with Gasteiger partial charge in [-0.1, -0.05) is 42.1 Å². The number of aryl methyl sites for hydroxylation is 1. The molecule has 0 aliphatic heterocycles. The first-order valence-corrected chi connectivity index (χ1v) is 10.1. The van der Waals surface area contributed by atoms with E-state index < -0.39 is 0 Å². The molecule has 0 spiro atoms. The van der Waals surface area contributed by atoms with E-state index in [2.05, 4.69) is 27.4 Å². The van der Waals surface area contributed by atoms with Crippen molar-refractivity contribution in [2.24, 2.45) is 0 Å². The van der Waals surface area contributed by atoms with Gasteiger partial charge in [-0.15, -0.1) is 16.8 Å². The fourth-order valence-electron chi connectivity index (χ4n) is 2.86. The zero-order chi connectivity index (χ0) is 19.9. The lowest BCUT2D eigenvalue weighted by Gasteiger charge is -2.16. The second-order valence-electron chi connectivity index (χ2n) is 6.46. The van der Waals surface area contributed by atoms with E-state index in [0.717, 1.165) is 33.8 Å². The molecule has 3 rings (SSSR count). The maximum atomic E-state index is 6.09. The second kappa shape index (κ2) is 9.46. The van der Waals surface area contributed by atoms with Crippen LogP contribution in [0, 0.1) is 6.92 Å². The maximum absolute atomic E-state index is 6.09. The van der Waals surface area contributed by atoms with Crippen LogP contribution in [0.4, 0.5) is 0 Å². The Bertz CT molecular complexity index is 939. The van der Waals surface area contributed by atoms with E-state index in [1.54, 1.807) is 18.9 Å². The minimum Gasteiger partial charge on any atom is -0.497 e. The average Bonchev–Trinajstić information content (AvgIpc) is 3.09. The largest absolute Gasteiger partial charge is 0.497 e. The van der Waals surface area contributed by atoms with Gasteiger partial charge in [0.05, 0.1) is 7.11 Å². The highest BCUT2D eigenvalue weighted by Crippen LogP contribution is 2.27. The van der Waals surface area contributed by atoms with Gasteiger partial charge in [-0.05, 0) is 49.2 Å². The van der Waals surface area contributed by atoms with E-state index in [9.17, 15) is 0 Å². The Morgan fingerprint density at radius 2 is 1.93 bits per heavy atom. The quantitative estimate of drug-likeness (QED) is 0.367. The number of ether oxygens (including phenoxy) is 2. The Kier molecular flexibility index (Phi) is 6.76. The van der Waals surface area contributed by atoms with Gasteiger partial charge >= 0.3 is 0 Å². The Hall–Kier alpha value is -2.73. The summed E-state index contributed by atoms with van der Waals surface area (Å²) in [6.45, 7) is 8.54. The zero-order valence-electron chi connectivity index (χ0n) is 16.5. The van der Waals surface area contributed by atoms with Gasteiger partial charge in [0.25, 0.3) is 0 Å². The summed E-state index contributed by atoms with van der Waals surface area (Å²) in [5, 5.41) is 9.63. The lowest BCUT2D eigenvalue weighted by Crippen LogP contribution is -2.12. The van der Waals surface area contributed by atoms with Crippen molar-refractivity contribution < 1.29 is 9.47 Å². The minimum absolute atomic E-state index is 0.222. The van der Waals surface area contributed by atoms with Crippen LogP contribution in [0.3, 0.4) is 0 Å². The fourth-order valence-corrected chi connectivity index (χ4v) is 3.76. The Morgan fingerprint density at radius 3 is 2.68 bits per heavy atom. The monoisotopic (exact) mass is 395 g/mol. The third-order valence-electron chi connectivity index (χ3n) is 4.23. The van der Waals surface area contributed by atoms with Crippen molar-refractivity contribution in [3.05, 3.63) is 78.1 Å². The minimum atomic E-state index is -0.222. The molecule has 0 N–H and O–H groups in total. The van der Waals surface area contributed by atoms with Crippen LogP contribution in [-0.2, 0) is 12.3 Å². The summed E-state index contributed by atoms with van der Waals surface area (Å²) in [6, 6.07) is 16.1. The molecule has 3 aromatic rings. The predicted octanol–water partition coefficient (Wildman–Crippen LogP) is 5.21. The van der Waals surface area contributed by atoms with Gasteiger partial charge in [0.15, 0.2) is 17.1 Å². The highest BCUT2D eigenvalue weighted by Gasteiger charge is 2.19. The number of aromatic nitrogens is 3. The van der Waals surface area contributed by atoms with Crippen LogP contribution in [0.2, 0.25) is 0 Å². The molecule has 2 aromatic carbocycles. The van der Waals surface area contributed by atoms with E-state index in [1.807, 2.05) is 62.4 Å². The first-order valence-electron chi connectivity index (χ1n) is 9.13. The Labute approximate surface area is 170 Å². The van der Waals surface area contributed by atoms with Gasteiger partial charge < -0.3 is 9.47 Å². The van der Waals surface area contributed by atoms with Crippen molar-refractivity contribution >= 4 is 11.8 Å². The molecule has 1 aromatic heterocycles. The highest BCUT2D eigenvalue weighted by molar-refractivity contribution is 7.98. The van der Waals surface area contributed by atoms with E-state index in [-0.39, 0.29) is 6.10 Å². The molecule has 5 nitrogen and oxygen atoms in total. The van der Waals surface area contributed by atoms with Crippen molar-refractivity contribution in [1.82, 2.24) is 14.8 Å². The maximum Gasteiger partial charge on any atom is 0.191 e. The third-order valence-corrected chi connectivity index (χ3v) is 5.26.